The third-order valence-electron chi connectivity index (χ3n) is 3.47. The Morgan fingerprint density at radius 3 is 2.00 bits per heavy atom. The molecule has 1 aromatic rings. The molecule has 0 atom stereocenters. The van der Waals surface area contributed by atoms with Gasteiger partial charge < -0.3 is 0 Å². The molecule has 0 amide bonds. The highest BCUT2D eigenvalue weighted by Crippen LogP contribution is 2.49. The van der Waals surface area contributed by atoms with Crippen LogP contribution >= 0.6 is 0 Å². The number of rotatable bonds is 0. The van der Waals surface area contributed by atoms with Crippen molar-refractivity contribution in [2.75, 3.05) is 0 Å². The van der Waals surface area contributed by atoms with Gasteiger partial charge in [0.25, 0.3) is 0 Å². The Bertz CT molecular complexity index is 357. The number of halogens is 1. The maximum atomic E-state index is 12.3. The van der Waals surface area contributed by atoms with Gasteiger partial charge in [-0.2, -0.15) is 0 Å². The topological polar surface area (TPSA) is 0 Å². The monoisotopic (exact) mass is 202 g/mol. The van der Waals surface area contributed by atoms with Crippen LogP contribution < -0.4 is 0 Å². The second-order valence-electron chi connectivity index (χ2n) is 4.33. The lowest BCUT2D eigenvalue weighted by Crippen LogP contribution is -2.34. The molecule has 2 fully saturated rings. The van der Waals surface area contributed by atoms with Gasteiger partial charge in [-0.1, -0.05) is 12.0 Å². The molecule has 0 nitrogen and oxygen atoms in total. The van der Waals surface area contributed by atoms with Crippen LogP contribution in [-0.4, -0.2) is 0 Å². The maximum absolute atomic E-state index is 12.3. The zero-order valence-electron chi connectivity index (χ0n) is 8.75. The van der Waals surface area contributed by atoms with E-state index in [0.29, 0.717) is 5.56 Å². The van der Waals surface area contributed by atoms with Crippen LogP contribution in [0.3, 0.4) is 0 Å². The molecular weight excluding hydrogens is 187 g/mol. The molecule has 1 heteroatoms. The fourth-order valence-corrected chi connectivity index (χ4v) is 2.14. The molecule has 78 valence electrons. The lowest BCUT2D eigenvalue weighted by molar-refractivity contribution is 0.0548. The van der Waals surface area contributed by atoms with Crippen molar-refractivity contribution in [3.8, 4) is 12.3 Å². The molecular formula is C14H15F. The lowest BCUT2D eigenvalue weighted by atomic mass is 9.60. The minimum Gasteiger partial charge on any atom is -0.207 e. The highest BCUT2D eigenvalue weighted by Gasteiger charge is 2.37. The zero-order chi connectivity index (χ0) is 10.7. The van der Waals surface area contributed by atoms with Crippen molar-refractivity contribution < 1.29 is 4.39 Å². The van der Waals surface area contributed by atoms with E-state index in [-0.39, 0.29) is 5.82 Å². The van der Waals surface area contributed by atoms with E-state index in [9.17, 15) is 4.39 Å². The van der Waals surface area contributed by atoms with Crippen molar-refractivity contribution >= 4 is 0 Å². The number of benzene rings is 1. The molecule has 0 heterocycles. The number of terminal acetylenes is 1. The van der Waals surface area contributed by atoms with Crippen LogP contribution in [0.5, 0.6) is 0 Å². The van der Waals surface area contributed by atoms with Gasteiger partial charge in [0.05, 0.1) is 0 Å². The summed E-state index contributed by atoms with van der Waals surface area (Å²) in [4.78, 5) is 0. The smallest absolute Gasteiger partial charge is 0.124 e. The van der Waals surface area contributed by atoms with Gasteiger partial charge in [-0.25, -0.2) is 4.39 Å². The second kappa shape index (κ2) is 4.49. The third kappa shape index (κ3) is 2.39. The summed E-state index contributed by atoms with van der Waals surface area (Å²) in [5.74, 6) is 4.47. The van der Waals surface area contributed by atoms with E-state index in [4.69, 9.17) is 6.42 Å². The predicted octanol–water partition coefficient (Wildman–Crippen LogP) is 3.61. The molecule has 1 aromatic carbocycles. The molecule has 2 aliphatic rings. The van der Waals surface area contributed by atoms with E-state index in [0.717, 1.165) is 0 Å². The van der Waals surface area contributed by atoms with Crippen molar-refractivity contribution in [2.24, 2.45) is 11.8 Å². The first-order valence-electron chi connectivity index (χ1n) is 5.52. The average Bonchev–Trinajstić information content (AvgIpc) is 2.24. The highest BCUT2D eigenvalue weighted by molar-refractivity contribution is 5.31. The van der Waals surface area contributed by atoms with E-state index in [2.05, 4.69) is 5.92 Å². The molecule has 15 heavy (non-hydrogen) atoms. The van der Waals surface area contributed by atoms with Gasteiger partial charge in [0.15, 0.2) is 0 Å². The zero-order valence-corrected chi connectivity index (χ0v) is 8.75. The summed E-state index contributed by atoms with van der Waals surface area (Å²) in [5.41, 5.74) is 0.579. The normalized spacial score (nSPS) is 25.9. The summed E-state index contributed by atoms with van der Waals surface area (Å²) in [7, 11) is 0. The minimum atomic E-state index is -0.287. The van der Waals surface area contributed by atoms with Crippen LogP contribution in [0.15, 0.2) is 24.3 Å². The van der Waals surface area contributed by atoms with Gasteiger partial charge >= 0.3 is 0 Å². The van der Waals surface area contributed by atoms with E-state index in [1.54, 1.807) is 37.8 Å². The average molecular weight is 202 g/mol. The van der Waals surface area contributed by atoms with Crippen molar-refractivity contribution in [3.63, 3.8) is 0 Å². The van der Waals surface area contributed by atoms with Crippen molar-refractivity contribution in [1.29, 1.82) is 0 Å². The van der Waals surface area contributed by atoms with Gasteiger partial charge in [-0.05, 0) is 55.7 Å². The van der Waals surface area contributed by atoms with Crippen molar-refractivity contribution in [1.82, 2.24) is 0 Å². The quantitative estimate of drug-likeness (QED) is 0.564. The summed E-state index contributed by atoms with van der Waals surface area (Å²) >= 11 is 0. The summed E-state index contributed by atoms with van der Waals surface area (Å²) in [6.07, 6.45) is 11.2. The molecule has 0 saturated heterocycles. The Labute approximate surface area is 90.5 Å². The summed E-state index contributed by atoms with van der Waals surface area (Å²) < 4.78 is 12.3. The highest BCUT2D eigenvalue weighted by atomic mass is 19.1. The molecule has 0 radical (unpaired) electrons. The second-order valence-corrected chi connectivity index (χ2v) is 4.33. The van der Waals surface area contributed by atoms with Crippen molar-refractivity contribution in [3.05, 3.63) is 35.6 Å². The molecule has 0 aliphatic heterocycles. The number of hydrogen-bond donors (Lipinski definition) is 0. The van der Waals surface area contributed by atoms with Gasteiger partial charge in [0.2, 0.25) is 0 Å². The van der Waals surface area contributed by atoms with Gasteiger partial charge in [-0.3, -0.25) is 0 Å². The molecule has 2 aliphatic carbocycles. The Hall–Kier alpha value is -1.29. The Morgan fingerprint density at radius 1 is 1.13 bits per heavy atom. The summed E-state index contributed by atoms with van der Waals surface area (Å²) in [5, 5.41) is 0. The van der Waals surface area contributed by atoms with E-state index in [1.165, 1.54) is 24.0 Å². The Balaban J connectivity index is 0.000000121. The van der Waals surface area contributed by atoms with E-state index >= 15 is 0 Å². The predicted molar refractivity (Wildman–Crippen MR) is 59.8 cm³/mol. The maximum Gasteiger partial charge on any atom is 0.124 e. The first-order chi connectivity index (χ1) is 7.29. The van der Waals surface area contributed by atoms with Crippen LogP contribution in [0.25, 0.3) is 0 Å². The van der Waals surface area contributed by atoms with E-state index in [1.807, 2.05) is 0 Å². The van der Waals surface area contributed by atoms with Crippen LogP contribution in [0.4, 0.5) is 4.39 Å². The largest absolute Gasteiger partial charge is 0.207 e. The molecule has 0 spiro atoms. The fourth-order valence-electron chi connectivity index (χ4n) is 2.14. The molecule has 0 unspecified atom stereocenters. The summed E-state index contributed by atoms with van der Waals surface area (Å²) in [6, 6.07) is 5.95. The van der Waals surface area contributed by atoms with Crippen LogP contribution in [0, 0.1) is 30.0 Å². The first-order valence-corrected chi connectivity index (χ1v) is 5.52. The Morgan fingerprint density at radius 2 is 1.73 bits per heavy atom. The van der Waals surface area contributed by atoms with Gasteiger partial charge in [-0.15, -0.1) is 6.42 Å². The molecule has 0 N–H and O–H groups in total. The molecule has 0 aromatic heterocycles. The van der Waals surface area contributed by atoms with Crippen molar-refractivity contribution in [2.45, 2.75) is 25.7 Å². The minimum absolute atomic E-state index is 0.287. The van der Waals surface area contributed by atoms with Gasteiger partial charge in [0, 0.05) is 5.56 Å². The molecule has 0 bridgehead atoms. The summed E-state index contributed by atoms with van der Waals surface area (Å²) in [6.45, 7) is 0. The van der Waals surface area contributed by atoms with Crippen LogP contribution in [-0.2, 0) is 0 Å². The van der Waals surface area contributed by atoms with Crippen LogP contribution in [0.2, 0.25) is 0 Å². The standard InChI is InChI=1S/C8H5F.C6H10/c1-2-7-4-3-5-8(9)6-7;1-2-6-4-3-5(1)6/h1,3-6H;5-6H,1-4H2. The molecule has 3 rings (SSSR count). The van der Waals surface area contributed by atoms with Crippen LogP contribution in [0.1, 0.15) is 31.2 Å². The first kappa shape index (κ1) is 10.2. The van der Waals surface area contributed by atoms with Gasteiger partial charge in [0.1, 0.15) is 5.82 Å². The number of hydrogen-bond acceptors (Lipinski definition) is 0. The Kier molecular flexibility index (Phi) is 3.06. The SMILES string of the molecule is C#Cc1cccc(F)c1.C1CC2CCC12. The fraction of sp³-hybridized carbons (Fsp3) is 0.429. The van der Waals surface area contributed by atoms with E-state index < -0.39 is 0 Å². The number of fused-ring (bicyclic) bond motifs is 1. The molecule has 2 saturated carbocycles. The lowest BCUT2D eigenvalue weighted by Gasteiger charge is -2.46. The third-order valence-corrected chi connectivity index (χ3v) is 3.47.